The first-order valence-electron chi connectivity index (χ1n) is 11.9. The van der Waals surface area contributed by atoms with Crippen LogP contribution in [-0.4, -0.2) is 98.3 Å². The maximum atomic E-state index is 12.9. The molecule has 0 saturated carbocycles. The third kappa shape index (κ3) is 8.56. The van der Waals surface area contributed by atoms with Crippen LogP contribution >= 0.6 is 11.8 Å². The van der Waals surface area contributed by atoms with E-state index in [1.165, 1.54) is 0 Å². The number of imide groups is 1. The highest BCUT2D eigenvalue weighted by atomic mass is 32.2. The molecule has 3 amide bonds. The summed E-state index contributed by atoms with van der Waals surface area (Å²) >= 11 is 1.60. The molecular weight excluding hydrogens is 492 g/mol. The monoisotopic (exact) mass is 524 g/mol. The fraction of sp³-hybridized carbons (Fsp3) is 0.583. The molecule has 2 N–H and O–H groups in total. The van der Waals surface area contributed by atoms with Gasteiger partial charge >= 0.3 is 5.97 Å². The smallest absolute Gasteiger partial charge is 0.305 e. The maximum Gasteiger partial charge on any atom is 0.305 e. The van der Waals surface area contributed by atoms with Crippen LogP contribution in [0.2, 0.25) is 0 Å². The molecular formula is C24H32N2O9S. The number of carboxylic acids is 1. The molecule has 1 aromatic rings. The summed E-state index contributed by atoms with van der Waals surface area (Å²) in [7, 11) is 0. The Morgan fingerprint density at radius 3 is 2.25 bits per heavy atom. The van der Waals surface area contributed by atoms with Crippen LogP contribution in [0.1, 0.15) is 35.2 Å². The number of piperidine rings is 1. The molecule has 198 valence electrons. The minimum atomic E-state index is -0.886. The average Bonchev–Trinajstić information content (AvgIpc) is 3.18. The molecule has 2 heterocycles. The second-order valence-electron chi connectivity index (χ2n) is 8.12. The number of aliphatic carboxylic acids is 1. The number of benzene rings is 1. The molecule has 36 heavy (non-hydrogen) atoms. The number of carbonyl (C=O) groups is 4. The fourth-order valence-electron chi connectivity index (χ4n) is 3.82. The number of carbonyl (C=O) groups excluding carboxylic acids is 3. The van der Waals surface area contributed by atoms with E-state index in [0.717, 1.165) is 10.5 Å². The Bertz CT molecular complexity index is 927. The molecule has 0 spiro atoms. The van der Waals surface area contributed by atoms with Gasteiger partial charge in [-0.15, -0.1) is 11.8 Å². The number of fused-ring (bicyclic) bond motifs is 1. The molecule has 2 aliphatic rings. The molecule has 11 nitrogen and oxygen atoms in total. The zero-order valence-electron chi connectivity index (χ0n) is 20.1. The van der Waals surface area contributed by atoms with Crippen molar-refractivity contribution in [2.45, 2.75) is 36.7 Å². The predicted molar refractivity (Wildman–Crippen MR) is 129 cm³/mol. The first-order chi connectivity index (χ1) is 17.5. The van der Waals surface area contributed by atoms with Crippen molar-refractivity contribution in [3.63, 3.8) is 0 Å². The number of ether oxygens (including phenoxy) is 4. The van der Waals surface area contributed by atoms with E-state index in [2.05, 4.69) is 5.32 Å². The van der Waals surface area contributed by atoms with Crippen molar-refractivity contribution in [1.82, 2.24) is 10.2 Å². The SMILES string of the molecule is O=C(O)CCOCCOCCOCCOCCSc1cccc2c1CN(C1CCC(=O)NC1=O)C2=O. The number of carboxylic acid groups (broad SMARTS) is 1. The van der Waals surface area contributed by atoms with Crippen molar-refractivity contribution in [1.29, 1.82) is 0 Å². The number of thioether (sulfide) groups is 1. The lowest BCUT2D eigenvalue weighted by Gasteiger charge is -2.29. The van der Waals surface area contributed by atoms with Crippen molar-refractivity contribution in [2.75, 3.05) is 58.6 Å². The van der Waals surface area contributed by atoms with Crippen molar-refractivity contribution in [3.8, 4) is 0 Å². The van der Waals surface area contributed by atoms with Crippen LogP contribution in [0.5, 0.6) is 0 Å². The predicted octanol–water partition coefficient (Wildman–Crippen LogP) is 1.08. The van der Waals surface area contributed by atoms with Gasteiger partial charge in [0, 0.05) is 29.2 Å². The van der Waals surface area contributed by atoms with Crippen LogP contribution in [0, 0.1) is 0 Å². The summed E-state index contributed by atoms with van der Waals surface area (Å²) < 4.78 is 21.5. The van der Waals surface area contributed by atoms with Crippen LogP contribution < -0.4 is 5.32 Å². The molecule has 2 aliphatic heterocycles. The Hall–Kier alpha value is -2.51. The van der Waals surface area contributed by atoms with E-state index < -0.39 is 17.9 Å². The van der Waals surface area contributed by atoms with Crippen LogP contribution in [0.3, 0.4) is 0 Å². The van der Waals surface area contributed by atoms with E-state index in [1.807, 2.05) is 12.1 Å². The van der Waals surface area contributed by atoms with Gasteiger partial charge in [0.05, 0.1) is 59.3 Å². The normalized spacial score (nSPS) is 17.4. The van der Waals surface area contributed by atoms with Crippen LogP contribution in [0.15, 0.2) is 23.1 Å². The van der Waals surface area contributed by atoms with Gasteiger partial charge in [0.15, 0.2) is 0 Å². The van der Waals surface area contributed by atoms with Gasteiger partial charge in [-0.1, -0.05) is 6.07 Å². The standard InChI is InChI=1S/C24H32N2O9S/c27-21-5-4-19(23(30)25-21)26-16-18-17(24(26)31)2-1-3-20(18)36-15-14-35-13-12-34-11-10-33-9-8-32-7-6-22(28)29/h1-3,19H,4-16H2,(H,28,29)(H,25,27,30). The summed E-state index contributed by atoms with van der Waals surface area (Å²) in [4.78, 5) is 49.4. The highest BCUT2D eigenvalue weighted by Gasteiger charge is 2.39. The van der Waals surface area contributed by atoms with Crippen LogP contribution in [0.4, 0.5) is 0 Å². The van der Waals surface area contributed by atoms with E-state index in [9.17, 15) is 19.2 Å². The van der Waals surface area contributed by atoms with Gasteiger partial charge in [-0.05, 0) is 24.1 Å². The van der Waals surface area contributed by atoms with Gasteiger partial charge in [-0.25, -0.2) is 0 Å². The number of amides is 3. The Morgan fingerprint density at radius 1 is 0.972 bits per heavy atom. The molecule has 12 heteroatoms. The summed E-state index contributed by atoms with van der Waals surface area (Å²) in [5.41, 5.74) is 1.51. The Morgan fingerprint density at radius 2 is 1.61 bits per heavy atom. The first kappa shape index (κ1) is 28.1. The molecule has 1 unspecified atom stereocenters. The zero-order chi connectivity index (χ0) is 25.8. The van der Waals surface area contributed by atoms with Crippen LogP contribution in [0.25, 0.3) is 0 Å². The van der Waals surface area contributed by atoms with Gasteiger partial charge in [-0.3, -0.25) is 24.5 Å². The van der Waals surface area contributed by atoms with Gasteiger partial charge in [0.2, 0.25) is 11.8 Å². The minimum Gasteiger partial charge on any atom is -0.481 e. The molecule has 3 rings (SSSR count). The Balaban J connectivity index is 1.25. The quantitative estimate of drug-likeness (QED) is 0.173. The van der Waals surface area contributed by atoms with E-state index in [-0.39, 0.29) is 31.3 Å². The minimum absolute atomic E-state index is 0.0159. The summed E-state index contributed by atoms with van der Waals surface area (Å²) in [6, 6.07) is 4.96. The third-order valence-corrected chi connectivity index (χ3v) is 6.66. The number of nitrogens with one attached hydrogen (secondary N) is 1. The lowest BCUT2D eigenvalue weighted by molar-refractivity contribution is -0.139. The summed E-state index contributed by atoms with van der Waals surface area (Å²) in [6.45, 7) is 3.54. The lowest BCUT2D eigenvalue weighted by Crippen LogP contribution is -2.52. The number of rotatable bonds is 17. The lowest BCUT2D eigenvalue weighted by atomic mass is 10.0. The highest BCUT2D eigenvalue weighted by Crippen LogP contribution is 2.34. The topological polar surface area (TPSA) is 141 Å². The van der Waals surface area contributed by atoms with Crippen molar-refractivity contribution in [2.24, 2.45) is 0 Å². The molecule has 0 radical (unpaired) electrons. The van der Waals surface area contributed by atoms with E-state index >= 15 is 0 Å². The average molecular weight is 525 g/mol. The second kappa shape index (κ2) is 14.9. The maximum absolute atomic E-state index is 12.9. The van der Waals surface area contributed by atoms with E-state index in [4.69, 9.17) is 24.1 Å². The largest absolute Gasteiger partial charge is 0.481 e. The van der Waals surface area contributed by atoms with Crippen molar-refractivity contribution >= 4 is 35.5 Å². The van der Waals surface area contributed by atoms with Crippen LogP contribution in [-0.2, 0) is 39.9 Å². The second-order valence-corrected chi connectivity index (χ2v) is 9.26. The van der Waals surface area contributed by atoms with Gasteiger partial charge in [0.25, 0.3) is 5.91 Å². The van der Waals surface area contributed by atoms with Gasteiger partial charge in [0.1, 0.15) is 6.04 Å². The molecule has 0 bridgehead atoms. The molecule has 1 fully saturated rings. The fourth-order valence-corrected chi connectivity index (χ4v) is 4.77. The Labute approximate surface area is 213 Å². The molecule has 1 aromatic carbocycles. The number of hydrogen-bond acceptors (Lipinski definition) is 9. The summed E-state index contributed by atoms with van der Waals surface area (Å²) in [6.07, 6.45) is 0.563. The van der Waals surface area contributed by atoms with Gasteiger partial charge < -0.3 is 29.0 Å². The summed E-state index contributed by atoms with van der Waals surface area (Å²) in [5, 5.41) is 10.8. The van der Waals surface area contributed by atoms with Crippen molar-refractivity contribution in [3.05, 3.63) is 29.3 Å². The highest BCUT2D eigenvalue weighted by molar-refractivity contribution is 7.99. The number of hydrogen-bond donors (Lipinski definition) is 2. The molecule has 0 aliphatic carbocycles. The third-order valence-electron chi connectivity index (χ3n) is 5.60. The zero-order valence-corrected chi connectivity index (χ0v) is 20.9. The molecule has 0 aromatic heterocycles. The summed E-state index contributed by atoms with van der Waals surface area (Å²) in [5.74, 6) is -1.07. The first-order valence-corrected chi connectivity index (χ1v) is 12.9. The molecule has 1 atom stereocenters. The van der Waals surface area contributed by atoms with E-state index in [1.54, 1.807) is 22.7 Å². The molecule has 1 saturated heterocycles. The van der Waals surface area contributed by atoms with Crippen molar-refractivity contribution < 1.29 is 43.2 Å². The van der Waals surface area contributed by atoms with E-state index in [0.29, 0.717) is 70.5 Å². The van der Waals surface area contributed by atoms with Gasteiger partial charge in [-0.2, -0.15) is 0 Å². The Kier molecular flexibility index (Phi) is 11.6. The number of nitrogens with zero attached hydrogens (tertiary/aromatic N) is 1.